The van der Waals surface area contributed by atoms with Gasteiger partial charge in [0.05, 0.1) is 17.1 Å². The molecule has 0 aliphatic carbocycles. The van der Waals surface area contributed by atoms with E-state index >= 15 is 0 Å². The topological polar surface area (TPSA) is 93.4 Å². The maximum atomic E-state index is 4.70. The summed E-state index contributed by atoms with van der Waals surface area (Å²) in [6.07, 6.45) is 6.91. The van der Waals surface area contributed by atoms with Gasteiger partial charge in [-0.05, 0) is 42.8 Å². The van der Waals surface area contributed by atoms with Gasteiger partial charge in [0.15, 0.2) is 0 Å². The van der Waals surface area contributed by atoms with Crippen molar-refractivity contribution in [1.82, 2.24) is 29.5 Å². The molecule has 0 amide bonds. The lowest BCUT2D eigenvalue weighted by atomic mass is 10.1. The van der Waals surface area contributed by atoms with E-state index in [0.717, 1.165) is 22.5 Å². The van der Waals surface area contributed by atoms with Crippen LogP contribution in [0.4, 0.5) is 17.6 Å². The molecule has 8 nitrogen and oxygen atoms in total. The fourth-order valence-corrected chi connectivity index (χ4v) is 3.33. The van der Waals surface area contributed by atoms with E-state index in [9.17, 15) is 0 Å². The third kappa shape index (κ3) is 4.04. The van der Waals surface area contributed by atoms with Crippen LogP contribution in [0.2, 0.25) is 0 Å². The summed E-state index contributed by atoms with van der Waals surface area (Å²) in [5.41, 5.74) is 3.82. The van der Waals surface area contributed by atoms with Crippen LogP contribution >= 0.6 is 0 Å². The number of imidazole rings is 1. The summed E-state index contributed by atoms with van der Waals surface area (Å²) in [4.78, 5) is 22.0. The van der Waals surface area contributed by atoms with Crippen LogP contribution in [-0.4, -0.2) is 29.5 Å². The van der Waals surface area contributed by atoms with Gasteiger partial charge < -0.3 is 10.6 Å². The molecule has 1 atom stereocenters. The van der Waals surface area contributed by atoms with E-state index in [1.807, 2.05) is 47.0 Å². The molecule has 5 aromatic rings. The Labute approximate surface area is 179 Å². The van der Waals surface area contributed by atoms with Gasteiger partial charge in [0.1, 0.15) is 12.1 Å². The smallest absolute Gasteiger partial charge is 0.227 e. The van der Waals surface area contributed by atoms with Gasteiger partial charge in [0.2, 0.25) is 11.9 Å². The first-order valence-electron chi connectivity index (χ1n) is 9.92. The highest BCUT2D eigenvalue weighted by atomic mass is 15.2. The highest BCUT2D eigenvalue weighted by molar-refractivity contribution is 5.81. The largest absolute Gasteiger partial charge is 0.348 e. The summed E-state index contributed by atoms with van der Waals surface area (Å²) in [5.74, 6) is 1.83. The molecule has 0 saturated heterocycles. The van der Waals surface area contributed by atoms with Crippen molar-refractivity contribution >= 4 is 28.6 Å². The Balaban J connectivity index is 1.44. The number of nitrogens with one attached hydrogen (secondary N) is 2. The zero-order valence-corrected chi connectivity index (χ0v) is 16.8. The minimum atomic E-state index is 0.0812. The van der Waals surface area contributed by atoms with Crippen molar-refractivity contribution in [2.45, 2.75) is 13.0 Å². The second kappa shape index (κ2) is 8.19. The van der Waals surface area contributed by atoms with E-state index in [1.165, 1.54) is 5.56 Å². The van der Waals surface area contributed by atoms with Gasteiger partial charge in [-0.2, -0.15) is 4.98 Å². The number of hydrogen-bond acceptors (Lipinski definition) is 7. The second-order valence-electron chi connectivity index (χ2n) is 7.03. The molecule has 0 aliphatic rings. The number of rotatable bonds is 6. The van der Waals surface area contributed by atoms with E-state index in [0.29, 0.717) is 11.9 Å². The van der Waals surface area contributed by atoms with Crippen molar-refractivity contribution in [2.75, 3.05) is 10.6 Å². The van der Waals surface area contributed by atoms with Crippen LogP contribution in [0.25, 0.3) is 16.9 Å². The van der Waals surface area contributed by atoms with Crippen LogP contribution in [0.3, 0.4) is 0 Å². The molecule has 5 rings (SSSR count). The van der Waals surface area contributed by atoms with Crippen LogP contribution in [-0.2, 0) is 0 Å². The highest BCUT2D eigenvalue weighted by Gasteiger charge is 2.11. The Morgan fingerprint density at radius 1 is 0.806 bits per heavy atom. The molecular formula is C23H20N8. The van der Waals surface area contributed by atoms with Gasteiger partial charge in [-0.25, -0.2) is 19.9 Å². The van der Waals surface area contributed by atoms with E-state index in [-0.39, 0.29) is 6.04 Å². The first-order valence-corrected chi connectivity index (χ1v) is 9.92. The van der Waals surface area contributed by atoms with Crippen LogP contribution in [0.5, 0.6) is 0 Å². The number of nitrogens with zero attached hydrogens (tertiary/aromatic N) is 6. The number of aromatic nitrogens is 6. The molecule has 0 radical (unpaired) electrons. The Morgan fingerprint density at radius 2 is 1.61 bits per heavy atom. The summed E-state index contributed by atoms with van der Waals surface area (Å²) in [7, 11) is 0. The molecule has 31 heavy (non-hydrogen) atoms. The average Bonchev–Trinajstić information content (AvgIpc) is 3.24. The average molecular weight is 408 g/mol. The Hall–Kier alpha value is -4.33. The summed E-state index contributed by atoms with van der Waals surface area (Å²) in [6, 6.07) is 19.8. The molecule has 0 fully saturated rings. The van der Waals surface area contributed by atoms with Crippen LogP contribution in [0.15, 0.2) is 85.6 Å². The molecule has 8 heteroatoms. The molecule has 152 valence electrons. The van der Waals surface area contributed by atoms with Crippen LogP contribution in [0.1, 0.15) is 18.5 Å². The zero-order valence-electron chi connectivity index (χ0n) is 16.8. The van der Waals surface area contributed by atoms with Crippen LogP contribution < -0.4 is 10.6 Å². The first-order chi connectivity index (χ1) is 15.3. The monoisotopic (exact) mass is 408 g/mol. The lowest BCUT2D eigenvalue weighted by Gasteiger charge is -2.14. The number of benzene rings is 2. The van der Waals surface area contributed by atoms with Gasteiger partial charge in [0, 0.05) is 24.3 Å². The molecule has 3 aromatic heterocycles. The molecule has 0 spiro atoms. The first kappa shape index (κ1) is 18.7. The minimum Gasteiger partial charge on any atom is -0.348 e. The van der Waals surface area contributed by atoms with Crippen LogP contribution in [0, 0.1) is 0 Å². The number of fused-ring (bicyclic) bond motifs is 1. The van der Waals surface area contributed by atoms with Gasteiger partial charge in [-0.1, -0.05) is 30.3 Å². The van der Waals surface area contributed by atoms with Crippen molar-refractivity contribution < 1.29 is 0 Å². The van der Waals surface area contributed by atoms with E-state index in [4.69, 9.17) is 4.98 Å². The third-order valence-electron chi connectivity index (χ3n) is 4.90. The second-order valence-corrected chi connectivity index (χ2v) is 7.03. The molecule has 3 heterocycles. The molecule has 2 N–H and O–H groups in total. The van der Waals surface area contributed by atoms with Crippen molar-refractivity contribution in [3.8, 4) is 5.82 Å². The van der Waals surface area contributed by atoms with Gasteiger partial charge >= 0.3 is 0 Å². The normalized spacial score (nSPS) is 11.9. The Kier molecular flexibility index (Phi) is 4.94. The quantitative estimate of drug-likeness (QED) is 0.426. The SMILES string of the molecule is C[C@H](Nc1nccc(-n2cnc3ccc(Nc4ncccn4)cc32)n1)c1ccccc1. The Bertz CT molecular complexity index is 1300. The fourth-order valence-electron chi connectivity index (χ4n) is 3.33. The molecule has 2 aromatic carbocycles. The Morgan fingerprint density at radius 3 is 2.45 bits per heavy atom. The summed E-state index contributed by atoms with van der Waals surface area (Å²) in [5, 5.41) is 6.58. The number of anilines is 3. The van der Waals surface area contributed by atoms with Gasteiger partial charge in [-0.3, -0.25) is 4.57 Å². The van der Waals surface area contributed by atoms with E-state index < -0.39 is 0 Å². The fraction of sp³-hybridized carbons (Fsp3) is 0.0870. The molecule has 0 saturated carbocycles. The van der Waals surface area contributed by atoms with E-state index in [1.54, 1.807) is 31.0 Å². The van der Waals surface area contributed by atoms with Crippen molar-refractivity contribution in [2.24, 2.45) is 0 Å². The lowest BCUT2D eigenvalue weighted by Crippen LogP contribution is -2.10. The third-order valence-corrected chi connectivity index (χ3v) is 4.90. The van der Waals surface area contributed by atoms with Gasteiger partial charge in [-0.15, -0.1) is 0 Å². The summed E-state index contributed by atoms with van der Waals surface area (Å²) in [6.45, 7) is 2.08. The number of hydrogen-bond donors (Lipinski definition) is 2. The minimum absolute atomic E-state index is 0.0812. The maximum Gasteiger partial charge on any atom is 0.227 e. The predicted octanol–water partition coefficient (Wildman–Crippen LogP) is 4.52. The molecular weight excluding hydrogens is 388 g/mol. The zero-order chi connectivity index (χ0) is 21.0. The van der Waals surface area contributed by atoms with Gasteiger partial charge in [0.25, 0.3) is 0 Å². The lowest BCUT2D eigenvalue weighted by molar-refractivity contribution is 0.854. The van der Waals surface area contributed by atoms with Crippen molar-refractivity contribution in [3.63, 3.8) is 0 Å². The highest BCUT2D eigenvalue weighted by Crippen LogP contribution is 2.23. The predicted molar refractivity (Wildman–Crippen MR) is 120 cm³/mol. The van der Waals surface area contributed by atoms with E-state index in [2.05, 4.69) is 49.6 Å². The van der Waals surface area contributed by atoms with Crippen molar-refractivity contribution in [1.29, 1.82) is 0 Å². The van der Waals surface area contributed by atoms with Crippen molar-refractivity contribution in [3.05, 3.63) is 91.1 Å². The molecule has 0 bridgehead atoms. The standard InChI is InChI=1S/C23H20N8/c1-16(17-6-3-2-4-7-17)28-23-26-13-10-21(30-23)31-15-27-19-9-8-18(14-20(19)31)29-22-24-11-5-12-25-22/h2-16H,1H3,(H,24,25,29)(H,26,28,30)/t16-/m0/s1. The summed E-state index contributed by atoms with van der Waals surface area (Å²) >= 11 is 0. The summed E-state index contributed by atoms with van der Waals surface area (Å²) < 4.78 is 1.94. The molecule has 0 unspecified atom stereocenters. The maximum absolute atomic E-state index is 4.70. The molecule has 0 aliphatic heterocycles.